The Kier molecular flexibility index (Phi) is 4.57. The molecule has 19 heavy (non-hydrogen) atoms. The Balaban J connectivity index is 2.31. The Hall–Kier alpha value is -0.950. The predicted molar refractivity (Wildman–Crippen MR) is 78.3 cm³/mol. The average Bonchev–Trinajstić information content (AvgIpc) is 2.93. The molecule has 5 nitrogen and oxygen atoms in total. The lowest BCUT2D eigenvalue weighted by Gasteiger charge is -2.16. The van der Waals surface area contributed by atoms with E-state index in [0.717, 1.165) is 33.5 Å². The number of nitrogens with zero attached hydrogens (tertiary/aromatic N) is 3. The van der Waals surface area contributed by atoms with Crippen LogP contribution in [-0.4, -0.2) is 14.8 Å². The van der Waals surface area contributed by atoms with Crippen molar-refractivity contribution in [1.29, 1.82) is 0 Å². The van der Waals surface area contributed by atoms with Crippen molar-refractivity contribution in [3.63, 3.8) is 0 Å². The molecule has 0 amide bonds. The summed E-state index contributed by atoms with van der Waals surface area (Å²) in [5.41, 5.74) is 7.56. The molecule has 0 aliphatic carbocycles. The van der Waals surface area contributed by atoms with Crippen LogP contribution in [0.1, 0.15) is 34.9 Å². The summed E-state index contributed by atoms with van der Waals surface area (Å²) in [5, 5.41) is 5.15. The Bertz CT molecular complexity index is 562. The van der Waals surface area contributed by atoms with Gasteiger partial charge in [-0.2, -0.15) is 5.10 Å². The summed E-state index contributed by atoms with van der Waals surface area (Å²) >= 11 is 7.93. The van der Waals surface area contributed by atoms with Crippen LogP contribution < -0.4 is 11.3 Å². The summed E-state index contributed by atoms with van der Waals surface area (Å²) < 4.78 is 1.93. The fourth-order valence-electron chi connectivity index (χ4n) is 2.13. The van der Waals surface area contributed by atoms with Crippen molar-refractivity contribution in [3.8, 4) is 0 Å². The zero-order valence-corrected chi connectivity index (χ0v) is 12.8. The number of halogens is 1. The number of aromatic nitrogens is 3. The highest BCUT2D eigenvalue weighted by Crippen LogP contribution is 2.28. The van der Waals surface area contributed by atoms with Crippen molar-refractivity contribution in [2.24, 2.45) is 5.84 Å². The largest absolute Gasteiger partial charge is 0.271 e. The molecule has 0 bridgehead atoms. The number of thiazole rings is 1. The van der Waals surface area contributed by atoms with Gasteiger partial charge in [-0.15, -0.1) is 11.3 Å². The fourth-order valence-corrected chi connectivity index (χ4v) is 3.21. The molecular formula is C12H18ClN5S. The second-order valence-electron chi connectivity index (χ2n) is 4.39. The summed E-state index contributed by atoms with van der Waals surface area (Å²) in [6.07, 6.45) is 0.701. The van der Waals surface area contributed by atoms with Crippen LogP contribution in [0.3, 0.4) is 0 Å². The standard InChI is InChI=1S/C12H18ClN5S/c1-4-18-10(11(13)7(2)17-18)5-9(16-14)12-8(3)15-6-19-12/h6,9,16H,4-5,14H2,1-3H3. The van der Waals surface area contributed by atoms with Gasteiger partial charge in [0.25, 0.3) is 0 Å². The minimum Gasteiger partial charge on any atom is -0.271 e. The first-order chi connectivity index (χ1) is 9.08. The van der Waals surface area contributed by atoms with Gasteiger partial charge in [-0.1, -0.05) is 11.6 Å². The topological polar surface area (TPSA) is 68.8 Å². The molecule has 1 atom stereocenters. The number of hydrogen-bond donors (Lipinski definition) is 2. The number of nitrogens with one attached hydrogen (secondary N) is 1. The maximum atomic E-state index is 6.33. The van der Waals surface area contributed by atoms with Crippen LogP contribution in [0.25, 0.3) is 0 Å². The first kappa shape index (κ1) is 14.5. The minimum atomic E-state index is 0.00593. The SMILES string of the molecule is CCn1nc(C)c(Cl)c1CC(NN)c1scnc1C. The Labute approximate surface area is 121 Å². The minimum absolute atomic E-state index is 0.00593. The fraction of sp³-hybridized carbons (Fsp3) is 0.500. The van der Waals surface area contributed by atoms with Gasteiger partial charge in [-0.25, -0.2) is 4.98 Å². The van der Waals surface area contributed by atoms with Crippen LogP contribution in [-0.2, 0) is 13.0 Å². The number of aryl methyl sites for hydroxylation is 3. The monoisotopic (exact) mass is 299 g/mol. The van der Waals surface area contributed by atoms with E-state index in [-0.39, 0.29) is 6.04 Å². The highest BCUT2D eigenvalue weighted by molar-refractivity contribution is 7.09. The third-order valence-electron chi connectivity index (χ3n) is 3.15. The molecule has 0 saturated carbocycles. The zero-order chi connectivity index (χ0) is 14.0. The van der Waals surface area contributed by atoms with Crippen molar-refractivity contribution >= 4 is 22.9 Å². The van der Waals surface area contributed by atoms with Gasteiger partial charge in [-0.3, -0.25) is 16.0 Å². The van der Waals surface area contributed by atoms with E-state index in [1.165, 1.54) is 0 Å². The molecule has 0 saturated heterocycles. The molecular weight excluding hydrogens is 282 g/mol. The van der Waals surface area contributed by atoms with Crippen molar-refractivity contribution in [2.45, 2.75) is 39.8 Å². The quantitative estimate of drug-likeness (QED) is 0.657. The van der Waals surface area contributed by atoms with Crippen LogP contribution in [0, 0.1) is 13.8 Å². The smallest absolute Gasteiger partial charge is 0.0847 e. The van der Waals surface area contributed by atoms with Crippen LogP contribution in [0.15, 0.2) is 5.51 Å². The predicted octanol–water partition coefficient (Wildman–Crippen LogP) is 2.38. The average molecular weight is 300 g/mol. The summed E-state index contributed by atoms with van der Waals surface area (Å²) in [7, 11) is 0. The van der Waals surface area contributed by atoms with Crippen LogP contribution >= 0.6 is 22.9 Å². The molecule has 0 fully saturated rings. The number of hydrazine groups is 1. The van der Waals surface area contributed by atoms with Gasteiger partial charge in [0, 0.05) is 17.8 Å². The van der Waals surface area contributed by atoms with Crippen molar-refractivity contribution < 1.29 is 0 Å². The van der Waals surface area contributed by atoms with Crippen LogP contribution in [0.2, 0.25) is 5.02 Å². The normalized spacial score (nSPS) is 12.9. The zero-order valence-electron chi connectivity index (χ0n) is 11.3. The number of nitrogens with two attached hydrogens (primary N) is 1. The van der Waals surface area contributed by atoms with E-state index in [4.69, 9.17) is 17.4 Å². The van der Waals surface area contributed by atoms with Gasteiger partial charge in [0.2, 0.25) is 0 Å². The molecule has 104 valence electrons. The van der Waals surface area contributed by atoms with E-state index >= 15 is 0 Å². The molecule has 0 spiro atoms. The maximum Gasteiger partial charge on any atom is 0.0847 e. The van der Waals surface area contributed by atoms with Crippen molar-refractivity contribution in [1.82, 2.24) is 20.2 Å². The lowest BCUT2D eigenvalue weighted by Crippen LogP contribution is -2.30. The van der Waals surface area contributed by atoms with E-state index in [2.05, 4.69) is 22.4 Å². The van der Waals surface area contributed by atoms with Gasteiger partial charge >= 0.3 is 0 Å². The Morgan fingerprint density at radius 3 is 2.74 bits per heavy atom. The summed E-state index contributed by atoms with van der Waals surface area (Å²) in [6, 6.07) is 0.00593. The third kappa shape index (κ3) is 2.81. The summed E-state index contributed by atoms with van der Waals surface area (Å²) in [6.45, 7) is 6.75. The molecule has 0 aliphatic heterocycles. The van der Waals surface area contributed by atoms with E-state index < -0.39 is 0 Å². The Morgan fingerprint density at radius 1 is 1.47 bits per heavy atom. The van der Waals surface area contributed by atoms with Crippen LogP contribution in [0.4, 0.5) is 0 Å². The lowest BCUT2D eigenvalue weighted by atomic mass is 10.1. The third-order valence-corrected chi connectivity index (χ3v) is 4.69. The van der Waals surface area contributed by atoms with Gasteiger partial charge in [0.1, 0.15) is 0 Å². The lowest BCUT2D eigenvalue weighted by molar-refractivity contribution is 0.521. The highest BCUT2D eigenvalue weighted by Gasteiger charge is 2.21. The molecule has 0 aliphatic rings. The summed E-state index contributed by atoms with van der Waals surface area (Å²) in [4.78, 5) is 5.40. The first-order valence-electron chi connectivity index (χ1n) is 6.16. The molecule has 0 aromatic carbocycles. The number of hydrogen-bond acceptors (Lipinski definition) is 5. The van der Waals surface area contributed by atoms with E-state index in [1.807, 2.05) is 24.0 Å². The van der Waals surface area contributed by atoms with E-state index in [0.29, 0.717) is 6.42 Å². The Morgan fingerprint density at radius 2 is 2.21 bits per heavy atom. The molecule has 2 aromatic heterocycles. The second kappa shape index (κ2) is 6.00. The van der Waals surface area contributed by atoms with Crippen molar-refractivity contribution in [2.75, 3.05) is 0 Å². The van der Waals surface area contributed by atoms with Gasteiger partial charge in [-0.05, 0) is 20.8 Å². The van der Waals surface area contributed by atoms with E-state index in [1.54, 1.807) is 11.3 Å². The van der Waals surface area contributed by atoms with Crippen molar-refractivity contribution in [3.05, 3.63) is 32.5 Å². The van der Waals surface area contributed by atoms with Crippen LogP contribution in [0.5, 0.6) is 0 Å². The van der Waals surface area contributed by atoms with E-state index in [9.17, 15) is 0 Å². The van der Waals surface area contributed by atoms with Gasteiger partial charge in [0.15, 0.2) is 0 Å². The molecule has 2 heterocycles. The number of rotatable bonds is 5. The highest BCUT2D eigenvalue weighted by atomic mass is 35.5. The summed E-state index contributed by atoms with van der Waals surface area (Å²) in [5.74, 6) is 5.69. The van der Waals surface area contributed by atoms with Gasteiger partial charge in [0.05, 0.1) is 33.7 Å². The second-order valence-corrected chi connectivity index (χ2v) is 5.65. The molecule has 7 heteroatoms. The maximum absolute atomic E-state index is 6.33. The molecule has 3 N–H and O–H groups in total. The molecule has 2 aromatic rings. The molecule has 2 rings (SSSR count). The first-order valence-corrected chi connectivity index (χ1v) is 7.42. The molecule has 0 radical (unpaired) electrons. The van der Waals surface area contributed by atoms with Gasteiger partial charge < -0.3 is 0 Å². The molecule has 1 unspecified atom stereocenters.